The molecule has 2 atom stereocenters. The van der Waals surface area contributed by atoms with Crippen LogP contribution in [-0.4, -0.2) is 20.7 Å². The highest BCUT2D eigenvalue weighted by atomic mass is 79.9. The van der Waals surface area contributed by atoms with Gasteiger partial charge in [-0.25, -0.2) is 0 Å². The molecule has 0 aromatic carbocycles. The van der Waals surface area contributed by atoms with Crippen LogP contribution in [0.2, 0.25) is 0 Å². The Morgan fingerprint density at radius 2 is 2.18 bits per heavy atom. The Bertz CT molecular complexity index is 230. The minimum atomic E-state index is -1.44. The average molecular weight is 219 g/mol. The molecule has 0 spiro atoms. The van der Waals surface area contributed by atoms with Crippen molar-refractivity contribution in [3.63, 3.8) is 0 Å². The van der Waals surface area contributed by atoms with Crippen LogP contribution in [0, 0.1) is 5.92 Å². The molecule has 3 nitrogen and oxygen atoms in total. The summed E-state index contributed by atoms with van der Waals surface area (Å²) in [7, 11) is 0. The van der Waals surface area contributed by atoms with Gasteiger partial charge in [0, 0.05) is 0 Å². The van der Waals surface area contributed by atoms with Crippen molar-refractivity contribution in [2.45, 2.75) is 4.51 Å². The lowest BCUT2D eigenvalue weighted by Gasteiger charge is -2.23. The summed E-state index contributed by atoms with van der Waals surface area (Å²) in [5.74, 6) is -1.96. The highest BCUT2D eigenvalue weighted by molar-refractivity contribution is 9.10. The van der Waals surface area contributed by atoms with Gasteiger partial charge >= 0.3 is 5.97 Å². The molecule has 11 heavy (non-hydrogen) atoms. The fourth-order valence-corrected chi connectivity index (χ4v) is 1.36. The summed E-state index contributed by atoms with van der Waals surface area (Å²) in [6, 6.07) is 0. The molecule has 2 unspecified atom stereocenters. The first kappa shape index (κ1) is 8.49. The van der Waals surface area contributed by atoms with Crippen LogP contribution in [-0.2, 0) is 4.79 Å². The number of aliphatic hydroxyl groups is 1. The average Bonchev–Trinajstić information content (AvgIpc) is 1.85. The van der Waals surface area contributed by atoms with E-state index in [-0.39, 0.29) is 0 Å². The van der Waals surface area contributed by atoms with Gasteiger partial charge in [0.1, 0.15) is 5.92 Å². The van der Waals surface area contributed by atoms with E-state index in [2.05, 4.69) is 15.9 Å². The Labute approximate surface area is 72.2 Å². The molecule has 0 amide bonds. The van der Waals surface area contributed by atoms with Crippen molar-refractivity contribution < 1.29 is 15.0 Å². The van der Waals surface area contributed by atoms with E-state index >= 15 is 0 Å². The number of rotatable bonds is 1. The minimum Gasteiger partial charge on any atom is -0.481 e. The van der Waals surface area contributed by atoms with Crippen LogP contribution < -0.4 is 0 Å². The Balaban J connectivity index is 2.89. The molecule has 0 aromatic heterocycles. The van der Waals surface area contributed by atoms with E-state index in [4.69, 9.17) is 5.11 Å². The normalized spacial score (nSPS) is 35.6. The van der Waals surface area contributed by atoms with Crippen molar-refractivity contribution >= 4 is 21.9 Å². The number of alkyl halides is 1. The first-order valence-corrected chi connectivity index (χ1v) is 3.83. The molecule has 4 heteroatoms. The summed E-state index contributed by atoms with van der Waals surface area (Å²) in [6.07, 6.45) is 6.01. The zero-order chi connectivity index (χ0) is 8.48. The number of hydrogen-bond acceptors (Lipinski definition) is 2. The monoisotopic (exact) mass is 218 g/mol. The number of carbonyl (C=O) groups is 1. The third-order valence-corrected chi connectivity index (χ3v) is 2.20. The van der Waals surface area contributed by atoms with Crippen molar-refractivity contribution in [2.75, 3.05) is 0 Å². The molecule has 1 rings (SSSR count). The molecule has 0 aliphatic heterocycles. The van der Waals surface area contributed by atoms with Crippen molar-refractivity contribution in [3.05, 3.63) is 24.3 Å². The highest BCUT2D eigenvalue weighted by Crippen LogP contribution is 2.30. The third kappa shape index (κ3) is 1.70. The van der Waals surface area contributed by atoms with Crippen LogP contribution in [0.1, 0.15) is 0 Å². The molecule has 60 valence electrons. The summed E-state index contributed by atoms with van der Waals surface area (Å²) in [4.78, 5) is 10.5. The predicted molar refractivity (Wildman–Crippen MR) is 43.3 cm³/mol. The van der Waals surface area contributed by atoms with Crippen molar-refractivity contribution in [2.24, 2.45) is 5.92 Å². The molecule has 1 aliphatic carbocycles. The summed E-state index contributed by atoms with van der Waals surface area (Å²) in [5.41, 5.74) is 0. The first-order valence-electron chi connectivity index (χ1n) is 3.04. The summed E-state index contributed by atoms with van der Waals surface area (Å²) < 4.78 is -1.44. The number of carboxylic acid groups (broad SMARTS) is 1. The van der Waals surface area contributed by atoms with Crippen LogP contribution in [0.4, 0.5) is 0 Å². The van der Waals surface area contributed by atoms with E-state index < -0.39 is 16.4 Å². The first-order chi connectivity index (χ1) is 5.04. The maximum Gasteiger partial charge on any atom is 0.314 e. The quantitative estimate of drug-likeness (QED) is 0.644. The maximum atomic E-state index is 10.5. The van der Waals surface area contributed by atoms with Gasteiger partial charge in [-0.15, -0.1) is 0 Å². The minimum absolute atomic E-state index is 0.910. The molecule has 0 saturated carbocycles. The van der Waals surface area contributed by atoms with Gasteiger partial charge in [-0.2, -0.15) is 0 Å². The Kier molecular flexibility index (Phi) is 2.15. The maximum absolute atomic E-state index is 10.5. The lowest BCUT2D eigenvalue weighted by atomic mass is 9.98. The van der Waals surface area contributed by atoms with Crippen molar-refractivity contribution in [1.82, 2.24) is 0 Å². The molecule has 0 heterocycles. The number of halogens is 1. The molecule has 1 aliphatic rings. The van der Waals surface area contributed by atoms with Gasteiger partial charge in [0.2, 0.25) is 0 Å². The summed E-state index contributed by atoms with van der Waals surface area (Å²) in [5, 5.41) is 18.0. The van der Waals surface area contributed by atoms with Crippen LogP contribution in [0.15, 0.2) is 24.3 Å². The molecule has 0 bridgehead atoms. The van der Waals surface area contributed by atoms with Crippen molar-refractivity contribution in [1.29, 1.82) is 0 Å². The number of carboxylic acids is 1. The molecular formula is C7H7BrO3. The SMILES string of the molecule is O=C(O)C1C=CC=CC1(O)Br. The Morgan fingerprint density at radius 1 is 1.55 bits per heavy atom. The second kappa shape index (κ2) is 2.79. The lowest BCUT2D eigenvalue weighted by molar-refractivity contribution is -0.143. The van der Waals surface area contributed by atoms with E-state index in [9.17, 15) is 9.90 Å². The van der Waals surface area contributed by atoms with Gasteiger partial charge in [-0.05, 0) is 22.0 Å². The van der Waals surface area contributed by atoms with Crippen LogP contribution in [0.5, 0.6) is 0 Å². The highest BCUT2D eigenvalue weighted by Gasteiger charge is 2.36. The zero-order valence-electron chi connectivity index (χ0n) is 5.57. The number of aliphatic carboxylic acids is 1. The second-order valence-corrected chi connectivity index (χ2v) is 3.56. The third-order valence-electron chi connectivity index (χ3n) is 1.45. The van der Waals surface area contributed by atoms with E-state index in [1.165, 1.54) is 12.2 Å². The standard InChI is InChI=1S/C7H7BrO3/c8-7(11)4-2-1-3-5(7)6(9)10/h1-5,11H,(H,9,10). The summed E-state index contributed by atoms with van der Waals surface area (Å²) >= 11 is 2.90. The molecular weight excluding hydrogens is 212 g/mol. The van der Waals surface area contributed by atoms with Gasteiger partial charge < -0.3 is 10.2 Å². The second-order valence-electron chi connectivity index (χ2n) is 2.29. The van der Waals surface area contributed by atoms with E-state index in [0.717, 1.165) is 0 Å². The smallest absolute Gasteiger partial charge is 0.314 e. The topological polar surface area (TPSA) is 57.5 Å². The van der Waals surface area contributed by atoms with Gasteiger partial charge in [0.05, 0.1) is 0 Å². The van der Waals surface area contributed by atoms with Gasteiger partial charge in [-0.3, -0.25) is 4.79 Å². The van der Waals surface area contributed by atoms with Gasteiger partial charge in [0.15, 0.2) is 4.51 Å². The van der Waals surface area contributed by atoms with E-state index in [1.54, 1.807) is 12.2 Å². The molecule has 2 N–H and O–H groups in total. The Morgan fingerprint density at radius 3 is 2.55 bits per heavy atom. The fourth-order valence-electron chi connectivity index (χ4n) is 0.860. The Hall–Kier alpha value is -0.610. The van der Waals surface area contributed by atoms with Crippen molar-refractivity contribution in [3.8, 4) is 0 Å². The molecule has 0 fully saturated rings. The van der Waals surface area contributed by atoms with Crippen LogP contribution in [0.3, 0.4) is 0 Å². The fraction of sp³-hybridized carbons (Fsp3) is 0.286. The zero-order valence-corrected chi connectivity index (χ0v) is 7.15. The van der Waals surface area contributed by atoms with Gasteiger partial charge in [0.25, 0.3) is 0 Å². The number of hydrogen-bond donors (Lipinski definition) is 2. The number of allylic oxidation sites excluding steroid dienone is 2. The largest absolute Gasteiger partial charge is 0.481 e. The van der Waals surface area contributed by atoms with Crippen LogP contribution in [0.25, 0.3) is 0 Å². The molecule has 0 radical (unpaired) electrons. The molecule has 0 saturated heterocycles. The molecule has 0 aromatic rings. The summed E-state index contributed by atoms with van der Waals surface area (Å²) in [6.45, 7) is 0. The van der Waals surface area contributed by atoms with E-state index in [0.29, 0.717) is 0 Å². The predicted octanol–water partition coefficient (Wildman–Crippen LogP) is 0.897. The van der Waals surface area contributed by atoms with Crippen LogP contribution >= 0.6 is 15.9 Å². The lowest BCUT2D eigenvalue weighted by Crippen LogP contribution is -2.34. The van der Waals surface area contributed by atoms with E-state index in [1.807, 2.05) is 0 Å². The van der Waals surface area contributed by atoms with Gasteiger partial charge in [-0.1, -0.05) is 18.2 Å².